The van der Waals surface area contributed by atoms with Gasteiger partial charge in [0.15, 0.2) is 0 Å². The standard InChI is InChI=1S/C6H12O3/c1-2-8-5-6-9-4-3-7/h5-7H,2-4H2,1H3. The number of rotatable bonds is 5. The van der Waals surface area contributed by atoms with Crippen LogP contribution in [0.4, 0.5) is 0 Å². The SMILES string of the molecule is CCOC=COCCO. The van der Waals surface area contributed by atoms with E-state index in [4.69, 9.17) is 14.6 Å². The van der Waals surface area contributed by atoms with Crippen molar-refractivity contribution in [1.82, 2.24) is 0 Å². The molecule has 0 aliphatic heterocycles. The Bertz CT molecular complexity index is 70.7. The fourth-order valence-electron chi connectivity index (χ4n) is 0.296. The lowest BCUT2D eigenvalue weighted by Gasteiger charge is -1.95. The lowest BCUT2D eigenvalue weighted by molar-refractivity contribution is 0.155. The Balaban J connectivity index is 2.86. The Morgan fingerprint density at radius 1 is 1.33 bits per heavy atom. The first-order valence-corrected chi connectivity index (χ1v) is 2.91. The summed E-state index contributed by atoms with van der Waals surface area (Å²) >= 11 is 0. The van der Waals surface area contributed by atoms with E-state index in [0.29, 0.717) is 13.2 Å². The first-order valence-electron chi connectivity index (χ1n) is 2.91. The topological polar surface area (TPSA) is 38.7 Å². The van der Waals surface area contributed by atoms with Crippen LogP contribution in [0.1, 0.15) is 6.92 Å². The van der Waals surface area contributed by atoms with Gasteiger partial charge in [0.05, 0.1) is 13.2 Å². The van der Waals surface area contributed by atoms with Gasteiger partial charge >= 0.3 is 0 Å². The molecule has 0 aromatic rings. The highest BCUT2D eigenvalue weighted by Crippen LogP contribution is 1.78. The molecular weight excluding hydrogens is 120 g/mol. The molecule has 9 heavy (non-hydrogen) atoms. The van der Waals surface area contributed by atoms with Gasteiger partial charge in [-0.25, -0.2) is 0 Å². The average Bonchev–Trinajstić information content (AvgIpc) is 1.89. The predicted molar refractivity (Wildman–Crippen MR) is 33.8 cm³/mol. The number of ether oxygens (including phenoxy) is 2. The van der Waals surface area contributed by atoms with Crippen molar-refractivity contribution in [1.29, 1.82) is 0 Å². The fraction of sp³-hybridized carbons (Fsp3) is 0.667. The molecule has 0 saturated carbocycles. The Labute approximate surface area is 54.9 Å². The highest BCUT2D eigenvalue weighted by atomic mass is 16.5. The molecule has 0 aromatic carbocycles. The fourth-order valence-corrected chi connectivity index (χ4v) is 0.296. The van der Waals surface area contributed by atoms with E-state index in [-0.39, 0.29) is 6.61 Å². The summed E-state index contributed by atoms with van der Waals surface area (Å²) in [6.07, 6.45) is 2.87. The van der Waals surface area contributed by atoms with Crippen molar-refractivity contribution in [2.75, 3.05) is 19.8 Å². The van der Waals surface area contributed by atoms with E-state index in [1.807, 2.05) is 6.92 Å². The second kappa shape index (κ2) is 7.30. The van der Waals surface area contributed by atoms with Crippen LogP contribution in [0.2, 0.25) is 0 Å². The number of hydrogen-bond acceptors (Lipinski definition) is 3. The minimum absolute atomic E-state index is 0.0382. The zero-order chi connectivity index (χ0) is 6.95. The number of aliphatic hydroxyl groups is 1. The molecular formula is C6H12O3. The molecule has 0 atom stereocenters. The van der Waals surface area contributed by atoms with Gasteiger partial charge in [-0.05, 0) is 6.92 Å². The molecule has 0 aliphatic carbocycles. The molecule has 0 bridgehead atoms. The summed E-state index contributed by atoms with van der Waals surface area (Å²) in [6, 6.07) is 0. The van der Waals surface area contributed by atoms with Gasteiger partial charge in [0.25, 0.3) is 0 Å². The third-order valence-corrected chi connectivity index (χ3v) is 0.624. The molecule has 0 heterocycles. The molecule has 3 nitrogen and oxygen atoms in total. The quantitative estimate of drug-likeness (QED) is 0.437. The van der Waals surface area contributed by atoms with Gasteiger partial charge < -0.3 is 14.6 Å². The summed E-state index contributed by atoms with van der Waals surface area (Å²) < 4.78 is 9.52. The second-order valence-electron chi connectivity index (χ2n) is 1.32. The van der Waals surface area contributed by atoms with Crippen molar-refractivity contribution in [3.05, 3.63) is 12.5 Å². The van der Waals surface area contributed by atoms with Gasteiger partial charge in [-0.2, -0.15) is 0 Å². The predicted octanol–water partition coefficient (Wildman–Crippen LogP) is 0.503. The first kappa shape index (κ1) is 8.30. The molecule has 0 spiro atoms. The monoisotopic (exact) mass is 132 g/mol. The Hall–Kier alpha value is -0.700. The molecule has 1 N–H and O–H groups in total. The van der Waals surface area contributed by atoms with Gasteiger partial charge in [0.2, 0.25) is 0 Å². The van der Waals surface area contributed by atoms with E-state index in [9.17, 15) is 0 Å². The number of aliphatic hydroxyl groups excluding tert-OH is 1. The lowest BCUT2D eigenvalue weighted by atomic mass is 10.8. The summed E-state index contributed by atoms with van der Waals surface area (Å²) in [6.45, 7) is 2.88. The zero-order valence-electron chi connectivity index (χ0n) is 5.54. The van der Waals surface area contributed by atoms with Crippen LogP contribution < -0.4 is 0 Å². The van der Waals surface area contributed by atoms with Crippen LogP contribution in [0.25, 0.3) is 0 Å². The van der Waals surface area contributed by atoms with E-state index in [1.54, 1.807) is 0 Å². The van der Waals surface area contributed by atoms with E-state index in [0.717, 1.165) is 0 Å². The molecule has 0 unspecified atom stereocenters. The van der Waals surface area contributed by atoms with Gasteiger partial charge in [0.1, 0.15) is 19.1 Å². The normalized spacial score (nSPS) is 10.0. The molecule has 0 aromatic heterocycles. The van der Waals surface area contributed by atoms with Crippen LogP contribution in [-0.4, -0.2) is 24.9 Å². The van der Waals surface area contributed by atoms with Crippen LogP contribution in [0.15, 0.2) is 12.5 Å². The molecule has 0 amide bonds. The summed E-state index contributed by atoms with van der Waals surface area (Å²) in [5.74, 6) is 0. The van der Waals surface area contributed by atoms with E-state index in [2.05, 4.69) is 0 Å². The Morgan fingerprint density at radius 3 is 2.56 bits per heavy atom. The Morgan fingerprint density at radius 2 is 2.00 bits per heavy atom. The maximum absolute atomic E-state index is 8.22. The maximum atomic E-state index is 8.22. The summed E-state index contributed by atoms with van der Waals surface area (Å²) in [5, 5.41) is 8.22. The third-order valence-electron chi connectivity index (χ3n) is 0.624. The van der Waals surface area contributed by atoms with E-state index < -0.39 is 0 Å². The number of hydrogen-bond donors (Lipinski definition) is 1. The largest absolute Gasteiger partial charge is 0.498 e. The lowest BCUT2D eigenvalue weighted by Crippen LogP contribution is -1.92. The molecule has 3 heteroatoms. The summed E-state index contributed by atoms with van der Waals surface area (Å²) in [5.41, 5.74) is 0. The van der Waals surface area contributed by atoms with Crippen molar-refractivity contribution in [2.24, 2.45) is 0 Å². The van der Waals surface area contributed by atoms with Gasteiger partial charge in [-0.15, -0.1) is 0 Å². The van der Waals surface area contributed by atoms with Crippen LogP contribution >= 0.6 is 0 Å². The van der Waals surface area contributed by atoms with Crippen molar-refractivity contribution in [3.63, 3.8) is 0 Å². The van der Waals surface area contributed by atoms with Crippen LogP contribution in [0.5, 0.6) is 0 Å². The maximum Gasteiger partial charge on any atom is 0.117 e. The average molecular weight is 132 g/mol. The van der Waals surface area contributed by atoms with E-state index in [1.165, 1.54) is 12.5 Å². The summed E-state index contributed by atoms with van der Waals surface area (Å²) in [4.78, 5) is 0. The smallest absolute Gasteiger partial charge is 0.117 e. The third kappa shape index (κ3) is 7.30. The Kier molecular flexibility index (Phi) is 6.73. The van der Waals surface area contributed by atoms with Crippen LogP contribution in [-0.2, 0) is 9.47 Å². The van der Waals surface area contributed by atoms with Gasteiger partial charge in [-0.1, -0.05) is 0 Å². The van der Waals surface area contributed by atoms with Gasteiger partial charge in [-0.3, -0.25) is 0 Å². The minimum Gasteiger partial charge on any atom is -0.498 e. The van der Waals surface area contributed by atoms with Crippen LogP contribution in [0.3, 0.4) is 0 Å². The first-order chi connectivity index (χ1) is 4.41. The molecule has 0 radical (unpaired) electrons. The van der Waals surface area contributed by atoms with E-state index >= 15 is 0 Å². The van der Waals surface area contributed by atoms with Gasteiger partial charge in [0, 0.05) is 0 Å². The molecule has 0 rings (SSSR count). The van der Waals surface area contributed by atoms with Crippen molar-refractivity contribution >= 4 is 0 Å². The molecule has 0 aliphatic rings. The molecule has 0 fully saturated rings. The zero-order valence-corrected chi connectivity index (χ0v) is 5.54. The van der Waals surface area contributed by atoms with Crippen molar-refractivity contribution in [2.45, 2.75) is 6.92 Å². The second-order valence-corrected chi connectivity index (χ2v) is 1.32. The van der Waals surface area contributed by atoms with Crippen LogP contribution in [0, 0.1) is 0 Å². The highest BCUT2D eigenvalue weighted by Gasteiger charge is 1.74. The molecule has 0 saturated heterocycles. The summed E-state index contributed by atoms with van der Waals surface area (Å²) in [7, 11) is 0. The van der Waals surface area contributed by atoms with Crippen molar-refractivity contribution in [3.8, 4) is 0 Å². The minimum atomic E-state index is 0.0382. The molecule has 54 valence electrons. The van der Waals surface area contributed by atoms with Crippen molar-refractivity contribution < 1.29 is 14.6 Å². The highest BCUT2D eigenvalue weighted by molar-refractivity contribution is 4.59.